The lowest BCUT2D eigenvalue weighted by molar-refractivity contribution is -0.136. The van der Waals surface area contributed by atoms with Crippen LogP contribution in [0, 0.1) is 0 Å². The standard InChI is InChI=1S/C46H50N10O8/c47-42-40-41(29-9-15-33(16-10-29)64-32-5-2-1-3-6-32)52-56(43(40)50-28-49-42)31-13-11-30(12-14-31)54-22-20-53(21-23-54)24-26-62-25-19-48-38(58)27-63-36-8-4-7-34-39(36)46(61)55(45(34)60)35-17-18-37(57)51-44(35)59/h1-10,15-16,28,30-31,35H,11-14,17-27H2,(H,48,58)(H2,47,49,50)(H,51,57,59). The minimum atomic E-state index is -1.09. The van der Waals surface area contributed by atoms with Gasteiger partial charge >= 0.3 is 0 Å². The second-order valence-electron chi connectivity index (χ2n) is 16.4. The van der Waals surface area contributed by atoms with Crippen LogP contribution in [0.5, 0.6) is 17.2 Å². The number of hydrogen-bond donors (Lipinski definition) is 3. The molecule has 3 aromatic carbocycles. The average Bonchev–Trinajstić information content (AvgIpc) is 3.83. The molecule has 5 aromatic rings. The predicted molar refractivity (Wildman–Crippen MR) is 233 cm³/mol. The number of fused-ring (bicyclic) bond motifs is 2. The zero-order chi connectivity index (χ0) is 44.2. The van der Waals surface area contributed by atoms with Gasteiger partial charge in [0.1, 0.15) is 41.1 Å². The first-order valence-electron chi connectivity index (χ1n) is 21.8. The van der Waals surface area contributed by atoms with Crippen molar-refractivity contribution in [1.29, 1.82) is 0 Å². The van der Waals surface area contributed by atoms with Crippen molar-refractivity contribution in [3.05, 3.63) is 90.3 Å². The van der Waals surface area contributed by atoms with Gasteiger partial charge in [0.15, 0.2) is 12.3 Å². The number of ether oxygens (including phenoxy) is 3. The highest BCUT2D eigenvalue weighted by atomic mass is 16.5. The van der Waals surface area contributed by atoms with E-state index in [9.17, 15) is 24.0 Å². The number of amides is 5. The maximum atomic E-state index is 13.3. The molecule has 3 fully saturated rings. The maximum absolute atomic E-state index is 13.3. The first-order chi connectivity index (χ1) is 31.2. The van der Waals surface area contributed by atoms with Crippen molar-refractivity contribution in [2.75, 3.05) is 64.8 Å². The lowest BCUT2D eigenvalue weighted by Crippen LogP contribution is -2.54. The molecule has 2 aromatic heterocycles. The Bertz CT molecular complexity index is 2540. The van der Waals surface area contributed by atoms with Crippen molar-refractivity contribution in [3.8, 4) is 28.5 Å². The summed E-state index contributed by atoms with van der Waals surface area (Å²) in [7, 11) is 0. The third-order valence-corrected chi connectivity index (χ3v) is 12.5. The fraction of sp³-hybridized carbons (Fsp3) is 0.391. The number of nitrogens with one attached hydrogen (secondary N) is 2. The number of para-hydroxylation sites is 1. The Morgan fingerprint density at radius 2 is 1.56 bits per heavy atom. The number of aromatic nitrogens is 4. The smallest absolute Gasteiger partial charge is 0.266 e. The Kier molecular flexibility index (Phi) is 12.6. The van der Waals surface area contributed by atoms with E-state index < -0.39 is 35.6 Å². The first-order valence-corrected chi connectivity index (χ1v) is 21.8. The molecule has 18 nitrogen and oxygen atoms in total. The molecule has 332 valence electrons. The molecule has 0 spiro atoms. The van der Waals surface area contributed by atoms with Crippen molar-refractivity contribution in [1.82, 2.24) is 45.1 Å². The number of carbonyl (C=O) groups excluding carboxylic acids is 5. The molecule has 0 radical (unpaired) electrons. The lowest BCUT2D eigenvalue weighted by atomic mass is 9.90. The maximum Gasteiger partial charge on any atom is 0.266 e. The van der Waals surface area contributed by atoms with Crippen LogP contribution in [-0.4, -0.2) is 135 Å². The Hall–Kier alpha value is -6.76. The molecule has 5 amide bonds. The molecule has 64 heavy (non-hydrogen) atoms. The Labute approximate surface area is 369 Å². The summed E-state index contributed by atoms with van der Waals surface area (Å²) in [5, 5.41) is 10.8. The fourth-order valence-electron chi connectivity index (χ4n) is 9.13. The van der Waals surface area contributed by atoms with Gasteiger partial charge in [0.2, 0.25) is 11.8 Å². The van der Waals surface area contributed by atoms with Gasteiger partial charge in [0.05, 0.1) is 35.8 Å². The molecule has 1 atom stereocenters. The van der Waals surface area contributed by atoms with E-state index in [0.717, 1.165) is 97.1 Å². The van der Waals surface area contributed by atoms with E-state index in [1.165, 1.54) is 18.5 Å². The quantitative estimate of drug-likeness (QED) is 0.101. The second kappa shape index (κ2) is 18.9. The molecule has 4 N–H and O–H groups in total. The SMILES string of the molecule is Nc1ncnc2c1c(-c1ccc(Oc3ccccc3)cc1)nn2C1CCC(N2CCN(CCOCCNC(=O)COc3cccc4c3C(=O)N(C3CCC(=O)NC3=O)C4=O)CC2)CC1. The summed E-state index contributed by atoms with van der Waals surface area (Å²) < 4.78 is 19.6. The molecule has 0 bridgehead atoms. The van der Waals surface area contributed by atoms with E-state index in [-0.39, 0.29) is 48.9 Å². The molecule has 1 unspecified atom stereocenters. The number of rotatable bonds is 15. The minimum absolute atomic E-state index is 0.00781. The summed E-state index contributed by atoms with van der Waals surface area (Å²) >= 11 is 0. The largest absolute Gasteiger partial charge is 0.483 e. The van der Waals surface area contributed by atoms with Gasteiger partial charge in [0, 0.05) is 57.3 Å². The molecule has 3 aliphatic heterocycles. The van der Waals surface area contributed by atoms with E-state index in [0.29, 0.717) is 25.1 Å². The zero-order valence-corrected chi connectivity index (χ0v) is 35.3. The zero-order valence-electron chi connectivity index (χ0n) is 35.3. The van der Waals surface area contributed by atoms with Crippen LogP contribution < -0.4 is 25.8 Å². The lowest BCUT2D eigenvalue weighted by Gasteiger charge is -2.42. The van der Waals surface area contributed by atoms with Gasteiger partial charge < -0.3 is 25.3 Å². The number of nitrogen functional groups attached to an aromatic ring is 1. The number of nitrogens with two attached hydrogens (primary N) is 1. The third kappa shape index (κ3) is 9.02. The van der Waals surface area contributed by atoms with E-state index >= 15 is 0 Å². The van der Waals surface area contributed by atoms with Crippen LogP contribution in [0.15, 0.2) is 79.1 Å². The number of piperidine rings is 1. The summed E-state index contributed by atoms with van der Waals surface area (Å²) in [5.74, 6) is -0.916. The minimum Gasteiger partial charge on any atom is -0.483 e. The number of piperazine rings is 1. The van der Waals surface area contributed by atoms with Gasteiger partial charge in [-0.1, -0.05) is 24.3 Å². The summed E-state index contributed by atoms with van der Waals surface area (Å²) in [6, 6.07) is 21.7. The number of carbonyl (C=O) groups is 5. The van der Waals surface area contributed by atoms with Crippen molar-refractivity contribution >= 4 is 46.4 Å². The summed E-state index contributed by atoms with van der Waals surface area (Å²) in [6.45, 7) is 5.45. The normalized spacial score (nSPS) is 20.6. The van der Waals surface area contributed by atoms with Crippen LogP contribution in [0.3, 0.4) is 0 Å². The van der Waals surface area contributed by atoms with Crippen molar-refractivity contribution in [2.45, 2.75) is 56.7 Å². The van der Waals surface area contributed by atoms with Gasteiger partial charge in [-0.05, 0) is 80.6 Å². The van der Waals surface area contributed by atoms with Gasteiger partial charge in [-0.2, -0.15) is 5.10 Å². The highest BCUT2D eigenvalue weighted by molar-refractivity contribution is 6.24. The summed E-state index contributed by atoms with van der Waals surface area (Å²) in [5.41, 5.74) is 8.96. The molecule has 9 rings (SSSR count). The molecule has 1 saturated carbocycles. The van der Waals surface area contributed by atoms with Gasteiger partial charge in [-0.3, -0.25) is 44.0 Å². The Balaban J connectivity index is 0.680. The fourth-order valence-corrected chi connectivity index (χ4v) is 9.13. The van der Waals surface area contributed by atoms with Crippen LogP contribution in [0.2, 0.25) is 0 Å². The highest BCUT2D eigenvalue weighted by Crippen LogP contribution is 2.38. The summed E-state index contributed by atoms with van der Waals surface area (Å²) in [6.07, 6.45) is 5.70. The van der Waals surface area contributed by atoms with Crippen molar-refractivity contribution in [3.63, 3.8) is 0 Å². The number of hydrogen-bond acceptors (Lipinski definition) is 14. The second-order valence-corrected chi connectivity index (χ2v) is 16.4. The number of imide groups is 2. The number of benzene rings is 3. The number of anilines is 1. The molecular formula is C46H50N10O8. The van der Waals surface area contributed by atoms with Gasteiger partial charge in [-0.15, -0.1) is 0 Å². The van der Waals surface area contributed by atoms with Crippen LogP contribution in [0.25, 0.3) is 22.3 Å². The topological polar surface area (TPSA) is 216 Å². The van der Waals surface area contributed by atoms with Crippen molar-refractivity contribution < 1.29 is 38.2 Å². The highest BCUT2D eigenvalue weighted by Gasteiger charge is 2.46. The molecule has 18 heteroatoms. The first kappa shape index (κ1) is 42.5. The Morgan fingerprint density at radius 1 is 0.812 bits per heavy atom. The predicted octanol–water partition coefficient (Wildman–Crippen LogP) is 3.58. The van der Waals surface area contributed by atoms with Crippen LogP contribution in [0.1, 0.15) is 65.3 Å². The van der Waals surface area contributed by atoms with E-state index in [1.54, 1.807) is 6.07 Å². The van der Waals surface area contributed by atoms with Crippen LogP contribution in [0.4, 0.5) is 5.82 Å². The van der Waals surface area contributed by atoms with E-state index in [2.05, 4.69) is 35.1 Å². The molecule has 1 aliphatic carbocycles. The monoisotopic (exact) mass is 870 g/mol. The molecule has 5 heterocycles. The van der Waals surface area contributed by atoms with Crippen LogP contribution in [-0.2, 0) is 19.1 Å². The Morgan fingerprint density at radius 3 is 2.33 bits per heavy atom. The van der Waals surface area contributed by atoms with Gasteiger partial charge in [-0.25, -0.2) is 14.6 Å². The third-order valence-electron chi connectivity index (χ3n) is 12.5. The van der Waals surface area contributed by atoms with Crippen LogP contribution >= 0.6 is 0 Å². The molecular weight excluding hydrogens is 821 g/mol. The van der Waals surface area contributed by atoms with Gasteiger partial charge in [0.25, 0.3) is 17.7 Å². The van der Waals surface area contributed by atoms with E-state index in [1.807, 2.05) is 54.6 Å². The number of nitrogens with zero attached hydrogens (tertiary/aromatic N) is 7. The molecule has 2 saturated heterocycles. The summed E-state index contributed by atoms with van der Waals surface area (Å²) in [4.78, 5) is 77.7. The van der Waals surface area contributed by atoms with E-state index in [4.69, 9.17) is 25.0 Å². The van der Waals surface area contributed by atoms with Crippen molar-refractivity contribution in [2.24, 2.45) is 0 Å². The molecule has 4 aliphatic rings. The average molecular weight is 871 g/mol.